The van der Waals surface area contributed by atoms with Crippen LogP contribution >= 0.6 is 12.6 Å². The Hall–Kier alpha value is -2.34. The van der Waals surface area contributed by atoms with Crippen molar-refractivity contribution >= 4 is 42.2 Å². The zero-order chi connectivity index (χ0) is 23.7. The number of carbonyl (C=O) groups excluding carboxylic acids is 4. The first kappa shape index (κ1) is 26.7. The number of carboxylic acids is 1. The van der Waals surface area contributed by atoms with Crippen molar-refractivity contribution < 1.29 is 29.1 Å². The van der Waals surface area contributed by atoms with E-state index in [4.69, 9.17) is 11.5 Å². The molecule has 0 aliphatic carbocycles. The number of primary amides is 1. The number of hydrogen-bond acceptors (Lipinski definition) is 7. The Morgan fingerprint density at radius 1 is 1.16 bits per heavy atom. The maximum Gasteiger partial charge on any atom is 0.326 e. The summed E-state index contributed by atoms with van der Waals surface area (Å²) < 4.78 is 0. The van der Waals surface area contributed by atoms with Gasteiger partial charge >= 0.3 is 5.97 Å². The molecule has 4 atom stereocenters. The lowest BCUT2D eigenvalue weighted by Crippen LogP contribution is -2.57. The molecule has 1 aliphatic heterocycles. The molecular formula is C19H33N5O6S. The highest BCUT2D eigenvalue weighted by Gasteiger charge is 2.37. The SMILES string of the molecule is CC(C)CC(NC(=O)C1CCCN1C(=O)C(N)CS)C(=O)NC(CCC(N)=O)C(=O)O. The van der Waals surface area contributed by atoms with Gasteiger partial charge in [0.25, 0.3) is 0 Å². The lowest BCUT2D eigenvalue weighted by atomic mass is 10.0. The van der Waals surface area contributed by atoms with Crippen molar-refractivity contribution in [3.8, 4) is 0 Å². The maximum absolute atomic E-state index is 12.9. The van der Waals surface area contributed by atoms with Gasteiger partial charge in [-0.1, -0.05) is 13.8 Å². The highest BCUT2D eigenvalue weighted by molar-refractivity contribution is 7.80. The van der Waals surface area contributed by atoms with Crippen LogP contribution in [0.4, 0.5) is 0 Å². The number of nitrogens with one attached hydrogen (secondary N) is 2. The number of rotatable bonds is 12. The lowest BCUT2D eigenvalue weighted by molar-refractivity contribution is -0.143. The summed E-state index contributed by atoms with van der Waals surface area (Å²) in [6, 6.07) is -3.90. The first-order valence-corrected chi connectivity index (χ1v) is 10.9. The molecule has 0 aromatic rings. The summed E-state index contributed by atoms with van der Waals surface area (Å²) in [5.74, 6) is -3.39. The van der Waals surface area contributed by atoms with Crippen molar-refractivity contribution in [2.75, 3.05) is 12.3 Å². The monoisotopic (exact) mass is 459 g/mol. The third-order valence-electron chi connectivity index (χ3n) is 4.99. The standard InChI is InChI=1S/C19H33N5O6S/c1-10(2)8-13(16(26)22-12(19(29)30)5-6-15(21)25)23-17(27)14-4-3-7-24(14)18(28)11(20)9-31/h10-14,31H,3-9,20H2,1-2H3,(H2,21,25)(H,22,26)(H,23,27)(H,29,30). The third-order valence-corrected chi connectivity index (χ3v) is 5.38. The molecule has 0 saturated carbocycles. The lowest BCUT2D eigenvalue weighted by Gasteiger charge is -2.28. The van der Waals surface area contributed by atoms with Crippen LogP contribution in [-0.2, 0) is 24.0 Å². The van der Waals surface area contributed by atoms with Gasteiger partial charge in [0.05, 0.1) is 6.04 Å². The summed E-state index contributed by atoms with van der Waals surface area (Å²) in [4.78, 5) is 61.8. The van der Waals surface area contributed by atoms with E-state index >= 15 is 0 Å². The van der Waals surface area contributed by atoms with Crippen LogP contribution in [0.25, 0.3) is 0 Å². The zero-order valence-corrected chi connectivity index (χ0v) is 18.8. The highest BCUT2D eigenvalue weighted by Crippen LogP contribution is 2.19. The average Bonchev–Trinajstić information content (AvgIpc) is 3.18. The molecule has 1 saturated heterocycles. The molecule has 4 unspecified atom stereocenters. The van der Waals surface area contributed by atoms with Crippen molar-refractivity contribution in [3.05, 3.63) is 0 Å². The van der Waals surface area contributed by atoms with Crippen molar-refractivity contribution in [2.45, 2.75) is 70.1 Å². The molecule has 176 valence electrons. The topological polar surface area (TPSA) is 185 Å². The molecule has 12 heteroatoms. The Morgan fingerprint density at radius 3 is 2.32 bits per heavy atom. The van der Waals surface area contributed by atoms with E-state index in [1.807, 2.05) is 13.8 Å². The van der Waals surface area contributed by atoms with Crippen molar-refractivity contribution in [3.63, 3.8) is 0 Å². The first-order valence-electron chi connectivity index (χ1n) is 10.3. The maximum atomic E-state index is 12.9. The molecule has 1 fully saturated rings. The number of hydrogen-bond donors (Lipinski definition) is 6. The van der Waals surface area contributed by atoms with Gasteiger partial charge in [0.15, 0.2) is 0 Å². The minimum atomic E-state index is -1.32. The van der Waals surface area contributed by atoms with Crippen LogP contribution in [0.5, 0.6) is 0 Å². The number of nitrogens with two attached hydrogens (primary N) is 2. The fourth-order valence-electron chi connectivity index (χ4n) is 3.38. The molecule has 4 amide bonds. The van der Waals surface area contributed by atoms with E-state index in [9.17, 15) is 29.1 Å². The van der Waals surface area contributed by atoms with E-state index in [1.165, 1.54) is 4.90 Å². The zero-order valence-electron chi connectivity index (χ0n) is 17.9. The number of likely N-dealkylation sites (tertiary alicyclic amines) is 1. The molecule has 31 heavy (non-hydrogen) atoms. The Kier molecular flexibility index (Phi) is 10.8. The summed E-state index contributed by atoms with van der Waals surface area (Å²) in [6.45, 7) is 4.09. The van der Waals surface area contributed by atoms with Gasteiger partial charge in [0.2, 0.25) is 23.6 Å². The van der Waals surface area contributed by atoms with Gasteiger partial charge in [-0.15, -0.1) is 0 Å². The van der Waals surface area contributed by atoms with E-state index in [0.29, 0.717) is 19.4 Å². The summed E-state index contributed by atoms with van der Waals surface area (Å²) in [6.07, 6.45) is 0.951. The van der Waals surface area contributed by atoms with E-state index in [0.717, 1.165) is 0 Å². The fourth-order valence-corrected chi connectivity index (χ4v) is 3.54. The van der Waals surface area contributed by atoms with Gasteiger partial charge in [-0.3, -0.25) is 19.2 Å². The second kappa shape index (κ2) is 12.5. The summed E-state index contributed by atoms with van der Waals surface area (Å²) in [7, 11) is 0. The number of amides is 4. The minimum absolute atomic E-state index is 0.0175. The van der Waals surface area contributed by atoms with Crippen LogP contribution in [0.15, 0.2) is 0 Å². The third kappa shape index (κ3) is 8.37. The molecule has 1 heterocycles. The quantitative estimate of drug-likeness (QED) is 0.194. The largest absolute Gasteiger partial charge is 0.480 e. The molecule has 0 radical (unpaired) electrons. The van der Waals surface area contributed by atoms with Crippen molar-refractivity contribution in [1.29, 1.82) is 0 Å². The number of carboxylic acid groups (broad SMARTS) is 1. The number of thiol groups is 1. The number of carbonyl (C=O) groups is 5. The Balaban J connectivity index is 2.89. The Labute approximate surface area is 187 Å². The van der Waals surface area contributed by atoms with Crippen LogP contribution in [0.3, 0.4) is 0 Å². The highest BCUT2D eigenvalue weighted by atomic mass is 32.1. The van der Waals surface area contributed by atoms with Crippen LogP contribution < -0.4 is 22.1 Å². The molecule has 0 bridgehead atoms. The van der Waals surface area contributed by atoms with Crippen LogP contribution in [-0.4, -0.2) is 76.1 Å². The van der Waals surface area contributed by atoms with Crippen molar-refractivity contribution in [1.82, 2.24) is 15.5 Å². The minimum Gasteiger partial charge on any atom is -0.480 e. The second-order valence-corrected chi connectivity index (χ2v) is 8.44. The molecule has 1 rings (SSSR count). The molecule has 0 spiro atoms. The second-order valence-electron chi connectivity index (χ2n) is 8.07. The van der Waals surface area contributed by atoms with Crippen LogP contribution in [0.2, 0.25) is 0 Å². The smallest absolute Gasteiger partial charge is 0.326 e. The molecule has 7 N–H and O–H groups in total. The summed E-state index contributed by atoms with van der Waals surface area (Å²) in [5, 5.41) is 14.3. The fraction of sp³-hybridized carbons (Fsp3) is 0.737. The van der Waals surface area contributed by atoms with Crippen LogP contribution in [0.1, 0.15) is 46.0 Å². The van der Waals surface area contributed by atoms with E-state index in [2.05, 4.69) is 23.3 Å². The summed E-state index contributed by atoms with van der Waals surface area (Å²) in [5.41, 5.74) is 10.8. The number of nitrogens with zero attached hydrogens (tertiary/aromatic N) is 1. The average molecular weight is 460 g/mol. The summed E-state index contributed by atoms with van der Waals surface area (Å²) >= 11 is 4.02. The Bertz CT molecular complexity index is 689. The van der Waals surface area contributed by atoms with Gasteiger partial charge in [-0.25, -0.2) is 4.79 Å². The van der Waals surface area contributed by atoms with Gasteiger partial charge in [-0.05, 0) is 31.6 Å². The Morgan fingerprint density at radius 2 is 1.81 bits per heavy atom. The molecular weight excluding hydrogens is 426 g/mol. The van der Waals surface area contributed by atoms with Gasteiger partial charge < -0.3 is 32.1 Å². The predicted octanol–water partition coefficient (Wildman–Crippen LogP) is -1.40. The number of aliphatic carboxylic acids is 1. The molecule has 11 nitrogen and oxygen atoms in total. The van der Waals surface area contributed by atoms with Crippen molar-refractivity contribution in [2.24, 2.45) is 17.4 Å². The normalized spacial score (nSPS) is 18.9. The van der Waals surface area contributed by atoms with E-state index < -0.39 is 47.9 Å². The van der Waals surface area contributed by atoms with Gasteiger partial charge in [0, 0.05) is 18.7 Å². The predicted molar refractivity (Wildman–Crippen MR) is 116 cm³/mol. The molecule has 0 aromatic carbocycles. The van der Waals surface area contributed by atoms with E-state index in [1.54, 1.807) is 0 Å². The van der Waals surface area contributed by atoms with Gasteiger partial charge in [0.1, 0.15) is 18.1 Å². The molecule has 1 aliphatic rings. The van der Waals surface area contributed by atoms with E-state index in [-0.39, 0.29) is 36.8 Å². The molecule has 0 aromatic heterocycles. The first-order chi connectivity index (χ1) is 14.5. The van der Waals surface area contributed by atoms with Crippen LogP contribution in [0, 0.1) is 5.92 Å². The van der Waals surface area contributed by atoms with Gasteiger partial charge in [-0.2, -0.15) is 12.6 Å².